The first-order chi connectivity index (χ1) is 16.7. The maximum Gasteiger partial charge on any atom is 0.244 e. The topological polar surface area (TPSA) is 94.5 Å². The molecule has 9 heteroatoms. The number of amides is 1. The molecule has 1 N–H and O–H groups in total. The van der Waals surface area contributed by atoms with Gasteiger partial charge in [-0.3, -0.25) is 9.59 Å². The van der Waals surface area contributed by atoms with E-state index in [0.717, 1.165) is 36.0 Å². The fourth-order valence-electron chi connectivity index (χ4n) is 3.73. The molecule has 1 amide bonds. The zero-order chi connectivity index (χ0) is 25.2. The minimum atomic E-state index is -4.30. The van der Waals surface area contributed by atoms with Crippen molar-refractivity contribution < 1.29 is 22.3 Å². The van der Waals surface area contributed by atoms with Crippen LogP contribution in [0, 0.1) is 12.7 Å². The number of nitrogens with one attached hydrogen (secondary N) is 1. The Balaban J connectivity index is 1.85. The molecule has 3 aromatic carbocycles. The van der Waals surface area contributed by atoms with Crippen LogP contribution in [-0.2, 0) is 21.2 Å². The van der Waals surface area contributed by atoms with E-state index in [-0.39, 0.29) is 16.8 Å². The van der Waals surface area contributed by atoms with Crippen LogP contribution < -0.4 is 15.5 Å². The molecule has 0 bridgehead atoms. The van der Waals surface area contributed by atoms with Crippen molar-refractivity contribution in [2.75, 3.05) is 11.9 Å². The Hall–Kier alpha value is -3.98. The molecule has 4 aromatic rings. The number of aromatic nitrogens is 1. The van der Waals surface area contributed by atoms with Gasteiger partial charge in [0, 0.05) is 11.9 Å². The molecule has 35 heavy (non-hydrogen) atoms. The van der Waals surface area contributed by atoms with E-state index in [1.165, 1.54) is 10.6 Å². The smallest absolute Gasteiger partial charge is 0.244 e. The molecule has 0 atom stereocenters. The lowest BCUT2D eigenvalue weighted by Gasteiger charge is -2.15. The van der Waals surface area contributed by atoms with Gasteiger partial charge in [0.1, 0.15) is 23.0 Å². The summed E-state index contributed by atoms with van der Waals surface area (Å²) in [6.45, 7) is 3.75. The van der Waals surface area contributed by atoms with Crippen molar-refractivity contribution in [1.82, 2.24) is 4.57 Å². The van der Waals surface area contributed by atoms with E-state index in [1.807, 2.05) is 19.1 Å². The van der Waals surface area contributed by atoms with Crippen molar-refractivity contribution in [3.05, 3.63) is 94.5 Å². The molecule has 180 valence electrons. The van der Waals surface area contributed by atoms with E-state index in [9.17, 15) is 22.4 Å². The molecule has 1 heterocycles. The molecule has 0 aliphatic heterocycles. The predicted octanol–water partition coefficient (Wildman–Crippen LogP) is 4.32. The van der Waals surface area contributed by atoms with Crippen LogP contribution in [0.25, 0.3) is 10.9 Å². The van der Waals surface area contributed by atoms with Crippen LogP contribution in [0.15, 0.2) is 87.5 Å². The number of nitrogens with zero attached hydrogens (tertiary/aromatic N) is 1. The Bertz CT molecular complexity index is 1580. The first kappa shape index (κ1) is 24.2. The summed E-state index contributed by atoms with van der Waals surface area (Å²) in [6, 6.07) is 16.2. The molecule has 7 nitrogen and oxygen atoms in total. The van der Waals surface area contributed by atoms with Crippen LogP contribution in [0.5, 0.6) is 5.75 Å². The highest BCUT2D eigenvalue weighted by molar-refractivity contribution is 7.91. The van der Waals surface area contributed by atoms with Gasteiger partial charge in [0.05, 0.1) is 22.4 Å². The number of pyridine rings is 1. The first-order valence-corrected chi connectivity index (χ1v) is 12.3. The molecule has 0 spiro atoms. The molecule has 0 unspecified atom stereocenters. The van der Waals surface area contributed by atoms with Gasteiger partial charge in [-0.25, -0.2) is 12.8 Å². The number of carbonyl (C=O) groups excluding carboxylic acids is 1. The summed E-state index contributed by atoms with van der Waals surface area (Å²) in [4.78, 5) is 25.4. The van der Waals surface area contributed by atoms with Crippen molar-refractivity contribution >= 4 is 32.3 Å². The summed E-state index contributed by atoms with van der Waals surface area (Å²) in [5, 5.41) is 2.90. The quantitative estimate of drug-likeness (QED) is 0.386. The van der Waals surface area contributed by atoms with E-state index in [0.29, 0.717) is 23.6 Å². The summed E-state index contributed by atoms with van der Waals surface area (Å²) in [5.41, 5.74) is 1.13. The van der Waals surface area contributed by atoms with Crippen LogP contribution in [0.1, 0.15) is 12.5 Å². The third kappa shape index (κ3) is 4.95. The van der Waals surface area contributed by atoms with Gasteiger partial charge in [0.15, 0.2) is 0 Å². The number of ether oxygens (including phenoxy) is 1. The number of anilines is 1. The SMILES string of the molecule is CCOc1ccc2c(c1)c(=O)c(S(=O)(=O)c1ccc(F)cc1)cn2CC(=O)Nc1ccccc1C. The highest BCUT2D eigenvalue weighted by Gasteiger charge is 2.25. The number of benzene rings is 3. The Morgan fingerprint density at radius 3 is 2.46 bits per heavy atom. The summed E-state index contributed by atoms with van der Waals surface area (Å²) in [5.74, 6) is -0.610. The zero-order valence-electron chi connectivity index (χ0n) is 19.1. The average Bonchev–Trinajstić information content (AvgIpc) is 2.83. The van der Waals surface area contributed by atoms with Gasteiger partial charge < -0.3 is 14.6 Å². The molecule has 0 fully saturated rings. The van der Waals surface area contributed by atoms with Crippen molar-refractivity contribution in [3.8, 4) is 5.75 Å². The Kier molecular flexibility index (Phi) is 6.70. The minimum absolute atomic E-state index is 0.0860. The van der Waals surface area contributed by atoms with Gasteiger partial charge in [0.2, 0.25) is 21.2 Å². The number of para-hydroxylation sites is 1. The second-order valence-corrected chi connectivity index (χ2v) is 9.80. The lowest BCUT2D eigenvalue weighted by Crippen LogP contribution is -2.24. The average molecular weight is 495 g/mol. The molecule has 0 aliphatic carbocycles. The van der Waals surface area contributed by atoms with Crippen molar-refractivity contribution in [3.63, 3.8) is 0 Å². The molecular formula is C26H23FN2O5S. The second-order valence-electron chi connectivity index (χ2n) is 7.88. The molecule has 0 aliphatic rings. The molecule has 0 radical (unpaired) electrons. The standard InChI is InChI=1S/C26H23FN2O5S/c1-3-34-19-10-13-23-21(14-19)26(31)24(35(32,33)20-11-8-18(27)9-12-20)15-29(23)16-25(30)28-22-7-5-4-6-17(22)2/h4-15H,3,16H2,1-2H3,(H,28,30). The first-order valence-electron chi connectivity index (χ1n) is 10.9. The number of hydrogen-bond acceptors (Lipinski definition) is 5. The van der Waals surface area contributed by atoms with E-state index < -0.39 is 31.9 Å². The third-order valence-electron chi connectivity index (χ3n) is 5.48. The molecule has 0 saturated carbocycles. The van der Waals surface area contributed by atoms with Crippen molar-refractivity contribution in [2.24, 2.45) is 0 Å². The number of rotatable bonds is 7. The van der Waals surface area contributed by atoms with E-state index in [4.69, 9.17) is 4.74 Å². The molecule has 4 rings (SSSR count). The van der Waals surface area contributed by atoms with Crippen LogP contribution >= 0.6 is 0 Å². The normalized spacial score (nSPS) is 11.4. The number of hydrogen-bond donors (Lipinski definition) is 1. The number of carbonyl (C=O) groups is 1. The Morgan fingerprint density at radius 1 is 1.06 bits per heavy atom. The van der Waals surface area contributed by atoms with Crippen molar-refractivity contribution in [2.45, 2.75) is 30.2 Å². The minimum Gasteiger partial charge on any atom is -0.494 e. The van der Waals surface area contributed by atoms with E-state index in [2.05, 4.69) is 5.32 Å². The van der Waals surface area contributed by atoms with Crippen LogP contribution in [0.4, 0.5) is 10.1 Å². The summed E-state index contributed by atoms with van der Waals surface area (Å²) < 4.78 is 46.9. The molecular weight excluding hydrogens is 471 g/mol. The highest BCUT2D eigenvalue weighted by Crippen LogP contribution is 2.24. The Morgan fingerprint density at radius 2 is 1.77 bits per heavy atom. The summed E-state index contributed by atoms with van der Waals surface area (Å²) >= 11 is 0. The maximum absolute atomic E-state index is 13.4. The second kappa shape index (κ2) is 9.71. The van der Waals surface area contributed by atoms with Crippen LogP contribution in [0.3, 0.4) is 0 Å². The predicted molar refractivity (Wildman–Crippen MR) is 131 cm³/mol. The lowest BCUT2D eigenvalue weighted by molar-refractivity contribution is -0.116. The van der Waals surface area contributed by atoms with Gasteiger partial charge in [-0.05, 0) is 67.9 Å². The summed E-state index contributed by atoms with van der Waals surface area (Å²) in [6.07, 6.45) is 1.15. The van der Waals surface area contributed by atoms with E-state index in [1.54, 1.807) is 31.2 Å². The third-order valence-corrected chi connectivity index (χ3v) is 7.24. The number of aryl methyl sites for hydroxylation is 1. The van der Waals surface area contributed by atoms with Gasteiger partial charge in [0.25, 0.3) is 0 Å². The van der Waals surface area contributed by atoms with Gasteiger partial charge in [-0.1, -0.05) is 18.2 Å². The summed E-state index contributed by atoms with van der Waals surface area (Å²) in [7, 11) is -4.30. The van der Waals surface area contributed by atoms with Gasteiger partial charge in [-0.2, -0.15) is 0 Å². The fourth-order valence-corrected chi connectivity index (χ4v) is 5.10. The molecule has 0 saturated heterocycles. The van der Waals surface area contributed by atoms with E-state index >= 15 is 0 Å². The number of fused-ring (bicyclic) bond motifs is 1. The van der Waals surface area contributed by atoms with Gasteiger partial charge >= 0.3 is 0 Å². The van der Waals surface area contributed by atoms with Gasteiger partial charge in [-0.15, -0.1) is 0 Å². The molecule has 1 aromatic heterocycles. The number of halogens is 1. The fraction of sp³-hybridized carbons (Fsp3) is 0.154. The highest BCUT2D eigenvalue weighted by atomic mass is 32.2. The largest absolute Gasteiger partial charge is 0.494 e. The van der Waals surface area contributed by atoms with Crippen LogP contribution in [-0.4, -0.2) is 25.5 Å². The monoisotopic (exact) mass is 494 g/mol. The lowest BCUT2D eigenvalue weighted by atomic mass is 10.2. The van der Waals surface area contributed by atoms with Crippen molar-refractivity contribution in [1.29, 1.82) is 0 Å². The zero-order valence-corrected chi connectivity index (χ0v) is 19.9. The maximum atomic E-state index is 13.4. The number of sulfone groups is 1. The Labute approximate surface area is 201 Å². The van der Waals surface area contributed by atoms with Crippen LogP contribution in [0.2, 0.25) is 0 Å².